The van der Waals surface area contributed by atoms with E-state index in [0.717, 1.165) is 12.2 Å². The predicted molar refractivity (Wildman–Crippen MR) is 137 cm³/mol. The summed E-state index contributed by atoms with van der Waals surface area (Å²) in [4.78, 5) is 9.08. The quantitative estimate of drug-likeness (QED) is 0.242. The summed E-state index contributed by atoms with van der Waals surface area (Å²) < 4.78 is 52.0. The molecule has 2 aromatic heterocycles. The van der Waals surface area contributed by atoms with Crippen LogP contribution in [0.25, 0.3) is 33.8 Å². The SMILES string of the molecule is Fc1cc(COCC2CO2)c(-c2cccc(-c3ccc(COCC4CO4)cc3F)n2)cc1-c1ccccn1. The van der Waals surface area contributed by atoms with E-state index in [0.29, 0.717) is 65.8 Å². The lowest BCUT2D eigenvalue weighted by atomic mass is 9.98. The maximum Gasteiger partial charge on any atom is 0.133 e. The van der Waals surface area contributed by atoms with Gasteiger partial charge in [0.05, 0.1) is 56.7 Å². The van der Waals surface area contributed by atoms with Crippen LogP contribution in [-0.2, 0) is 32.2 Å². The van der Waals surface area contributed by atoms with E-state index in [-0.39, 0.29) is 24.6 Å². The lowest BCUT2D eigenvalue weighted by Gasteiger charge is -2.14. The molecule has 6 rings (SSSR count). The highest BCUT2D eigenvalue weighted by Gasteiger charge is 2.24. The van der Waals surface area contributed by atoms with Crippen molar-refractivity contribution in [3.8, 4) is 33.8 Å². The maximum absolute atomic E-state index is 15.2. The average molecular weight is 517 g/mol. The van der Waals surface area contributed by atoms with Crippen LogP contribution in [-0.4, -0.2) is 48.6 Å². The van der Waals surface area contributed by atoms with Crippen molar-refractivity contribution < 1.29 is 27.7 Å². The highest BCUT2D eigenvalue weighted by Crippen LogP contribution is 2.33. The van der Waals surface area contributed by atoms with E-state index in [9.17, 15) is 0 Å². The molecule has 0 radical (unpaired) electrons. The van der Waals surface area contributed by atoms with Crippen molar-refractivity contribution in [2.45, 2.75) is 25.4 Å². The van der Waals surface area contributed by atoms with Gasteiger partial charge < -0.3 is 18.9 Å². The van der Waals surface area contributed by atoms with Gasteiger partial charge in [-0.25, -0.2) is 13.8 Å². The molecule has 2 unspecified atom stereocenters. The fourth-order valence-electron chi connectivity index (χ4n) is 4.22. The fraction of sp³-hybridized carbons (Fsp3) is 0.267. The molecule has 38 heavy (non-hydrogen) atoms. The molecule has 6 nitrogen and oxygen atoms in total. The lowest BCUT2D eigenvalue weighted by molar-refractivity contribution is 0.104. The number of aromatic nitrogens is 2. The van der Waals surface area contributed by atoms with Crippen molar-refractivity contribution in [1.82, 2.24) is 9.97 Å². The van der Waals surface area contributed by atoms with Gasteiger partial charge in [-0.1, -0.05) is 18.2 Å². The molecular formula is C30H26F2N2O4. The van der Waals surface area contributed by atoms with E-state index in [1.165, 1.54) is 12.1 Å². The molecule has 0 spiro atoms. The minimum Gasteiger partial charge on any atom is -0.374 e. The number of ether oxygens (including phenoxy) is 4. The van der Waals surface area contributed by atoms with Crippen LogP contribution >= 0.6 is 0 Å². The second kappa shape index (κ2) is 11.0. The highest BCUT2D eigenvalue weighted by atomic mass is 19.1. The molecule has 4 aromatic rings. The van der Waals surface area contributed by atoms with Crippen LogP contribution in [0.1, 0.15) is 11.1 Å². The third-order valence-electron chi connectivity index (χ3n) is 6.41. The van der Waals surface area contributed by atoms with Crippen LogP contribution in [0.5, 0.6) is 0 Å². The summed E-state index contributed by atoms with van der Waals surface area (Å²) in [6, 6.07) is 18.9. The normalized spacial score (nSPS) is 17.9. The number of rotatable bonds is 11. The van der Waals surface area contributed by atoms with E-state index in [4.69, 9.17) is 23.9 Å². The first-order chi connectivity index (χ1) is 18.6. The zero-order valence-corrected chi connectivity index (χ0v) is 20.6. The molecule has 8 heteroatoms. The minimum atomic E-state index is -0.401. The third kappa shape index (κ3) is 5.95. The monoisotopic (exact) mass is 516 g/mol. The largest absolute Gasteiger partial charge is 0.374 e. The third-order valence-corrected chi connectivity index (χ3v) is 6.41. The van der Waals surface area contributed by atoms with Gasteiger partial charge in [0.25, 0.3) is 0 Å². The first-order valence-electron chi connectivity index (χ1n) is 12.5. The molecule has 0 amide bonds. The Morgan fingerprint density at radius 3 is 2.08 bits per heavy atom. The fourth-order valence-corrected chi connectivity index (χ4v) is 4.22. The van der Waals surface area contributed by atoms with Gasteiger partial charge in [0, 0.05) is 22.9 Å². The zero-order valence-electron chi connectivity index (χ0n) is 20.6. The zero-order chi connectivity index (χ0) is 25.9. The number of hydrogen-bond donors (Lipinski definition) is 0. The van der Waals surface area contributed by atoms with E-state index in [1.807, 2.05) is 24.3 Å². The minimum absolute atomic E-state index is 0.0935. The first kappa shape index (κ1) is 24.8. The molecule has 4 heterocycles. The van der Waals surface area contributed by atoms with Crippen LogP contribution in [0.15, 0.2) is 72.9 Å². The molecule has 2 aromatic carbocycles. The summed E-state index contributed by atoms with van der Waals surface area (Å²) in [6.45, 7) is 2.84. The second-order valence-electron chi connectivity index (χ2n) is 9.37. The van der Waals surface area contributed by atoms with Crippen molar-refractivity contribution in [2.24, 2.45) is 0 Å². The van der Waals surface area contributed by atoms with E-state index in [2.05, 4.69) is 4.98 Å². The van der Waals surface area contributed by atoms with Crippen LogP contribution in [0.3, 0.4) is 0 Å². The van der Waals surface area contributed by atoms with Gasteiger partial charge in [0.15, 0.2) is 0 Å². The van der Waals surface area contributed by atoms with Crippen molar-refractivity contribution >= 4 is 0 Å². The smallest absolute Gasteiger partial charge is 0.133 e. The molecule has 194 valence electrons. The van der Waals surface area contributed by atoms with Gasteiger partial charge in [-0.2, -0.15) is 0 Å². The molecule has 2 fully saturated rings. The number of hydrogen-bond acceptors (Lipinski definition) is 6. The number of pyridine rings is 2. The summed E-state index contributed by atoms with van der Waals surface area (Å²) in [5, 5.41) is 0. The summed E-state index contributed by atoms with van der Waals surface area (Å²) >= 11 is 0. The molecule has 0 N–H and O–H groups in total. The highest BCUT2D eigenvalue weighted by molar-refractivity contribution is 5.74. The van der Waals surface area contributed by atoms with Gasteiger partial charge in [-0.15, -0.1) is 0 Å². The van der Waals surface area contributed by atoms with Crippen molar-refractivity contribution in [1.29, 1.82) is 0 Å². The molecule has 0 bridgehead atoms. The van der Waals surface area contributed by atoms with E-state index >= 15 is 8.78 Å². The molecule has 2 saturated heterocycles. The predicted octanol–water partition coefficient (Wildman–Crippen LogP) is 5.59. The van der Waals surface area contributed by atoms with Crippen molar-refractivity contribution in [3.63, 3.8) is 0 Å². The molecule has 0 saturated carbocycles. The number of benzene rings is 2. The Morgan fingerprint density at radius 1 is 0.711 bits per heavy atom. The Balaban J connectivity index is 1.31. The van der Waals surface area contributed by atoms with Gasteiger partial charge in [-0.3, -0.25) is 4.98 Å². The summed E-state index contributed by atoms with van der Waals surface area (Å²) in [6.07, 6.45) is 1.88. The van der Waals surface area contributed by atoms with Crippen LogP contribution < -0.4 is 0 Å². The van der Waals surface area contributed by atoms with Crippen LogP contribution in [0.4, 0.5) is 8.78 Å². The Kier molecular flexibility index (Phi) is 7.20. The van der Waals surface area contributed by atoms with Crippen molar-refractivity contribution in [3.05, 3.63) is 95.7 Å². The first-order valence-corrected chi connectivity index (χ1v) is 12.5. The molecule has 2 aliphatic heterocycles. The van der Waals surface area contributed by atoms with Crippen LogP contribution in [0.2, 0.25) is 0 Å². The molecule has 2 aliphatic rings. The van der Waals surface area contributed by atoms with Gasteiger partial charge in [-0.05, 0) is 59.7 Å². The number of nitrogens with zero attached hydrogens (tertiary/aromatic N) is 2. The van der Waals surface area contributed by atoms with Crippen LogP contribution in [0, 0.1) is 11.6 Å². The summed E-state index contributed by atoms with van der Waals surface area (Å²) in [5.74, 6) is -0.790. The second-order valence-corrected chi connectivity index (χ2v) is 9.37. The molecular weight excluding hydrogens is 490 g/mol. The summed E-state index contributed by atoms with van der Waals surface area (Å²) in [5.41, 5.74) is 4.36. The maximum atomic E-state index is 15.2. The molecule has 2 atom stereocenters. The van der Waals surface area contributed by atoms with Gasteiger partial charge in [0.2, 0.25) is 0 Å². The molecule has 0 aliphatic carbocycles. The standard InChI is InChI=1S/C30H26F2N2O4/c31-26-10-19(13-35-15-21-17-37-21)7-8-23(26)29-5-3-6-30(34-29)24-12-25(28-4-1-2-9-33-28)27(32)11-20(24)14-36-16-22-18-38-22/h1-12,21-22H,13-18H2. The summed E-state index contributed by atoms with van der Waals surface area (Å²) in [7, 11) is 0. The number of halogens is 2. The lowest BCUT2D eigenvalue weighted by Crippen LogP contribution is -2.04. The Labute approximate surface area is 219 Å². The Morgan fingerprint density at radius 2 is 1.39 bits per heavy atom. The topological polar surface area (TPSA) is 69.3 Å². The van der Waals surface area contributed by atoms with Gasteiger partial charge >= 0.3 is 0 Å². The average Bonchev–Trinajstić information content (AvgIpc) is 3.86. The number of epoxide rings is 2. The Hall–Kier alpha value is -3.56. The van der Waals surface area contributed by atoms with E-state index < -0.39 is 5.82 Å². The van der Waals surface area contributed by atoms with E-state index in [1.54, 1.807) is 36.5 Å². The van der Waals surface area contributed by atoms with Crippen molar-refractivity contribution in [2.75, 3.05) is 26.4 Å². The van der Waals surface area contributed by atoms with Gasteiger partial charge in [0.1, 0.15) is 23.8 Å². The Bertz CT molecular complexity index is 1430.